The standard InChI is InChI=1S/C7H12F3NO/c8-7(9,10)6-1-2-11-3-5(6)4-12/h5-6,11-12H,1-4H2/t5-,6+/m0/s1. The highest BCUT2D eigenvalue weighted by atomic mass is 19.4. The number of rotatable bonds is 1. The Morgan fingerprint density at radius 1 is 1.42 bits per heavy atom. The molecule has 0 aromatic heterocycles. The van der Waals surface area contributed by atoms with Crippen LogP contribution in [0.1, 0.15) is 6.42 Å². The highest BCUT2D eigenvalue weighted by Gasteiger charge is 2.44. The van der Waals surface area contributed by atoms with Crippen LogP contribution in [0.15, 0.2) is 0 Å². The lowest BCUT2D eigenvalue weighted by atomic mass is 9.86. The van der Waals surface area contributed by atoms with Gasteiger partial charge in [-0.2, -0.15) is 13.2 Å². The van der Waals surface area contributed by atoms with Crippen molar-refractivity contribution in [1.29, 1.82) is 0 Å². The van der Waals surface area contributed by atoms with Crippen LogP contribution in [0.2, 0.25) is 0 Å². The van der Waals surface area contributed by atoms with Gasteiger partial charge in [-0.1, -0.05) is 0 Å². The van der Waals surface area contributed by atoms with Crippen LogP contribution in [-0.4, -0.2) is 31.0 Å². The first-order chi connectivity index (χ1) is 5.55. The predicted octanol–water partition coefficient (Wildman–Crippen LogP) is 0.767. The summed E-state index contributed by atoms with van der Waals surface area (Å²) in [7, 11) is 0. The van der Waals surface area contributed by atoms with E-state index in [0.29, 0.717) is 6.54 Å². The Hall–Kier alpha value is -0.290. The zero-order valence-corrected chi connectivity index (χ0v) is 6.56. The molecule has 5 heteroatoms. The lowest BCUT2D eigenvalue weighted by Gasteiger charge is -2.32. The van der Waals surface area contributed by atoms with Gasteiger partial charge in [0.2, 0.25) is 0 Å². The van der Waals surface area contributed by atoms with E-state index in [2.05, 4.69) is 5.32 Å². The van der Waals surface area contributed by atoms with E-state index in [1.54, 1.807) is 0 Å². The van der Waals surface area contributed by atoms with Crippen LogP contribution in [0, 0.1) is 11.8 Å². The summed E-state index contributed by atoms with van der Waals surface area (Å²) in [6.07, 6.45) is -4.08. The van der Waals surface area contributed by atoms with Crippen molar-refractivity contribution in [3.8, 4) is 0 Å². The van der Waals surface area contributed by atoms with Gasteiger partial charge in [-0.3, -0.25) is 0 Å². The van der Waals surface area contributed by atoms with Crippen LogP contribution in [0.25, 0.3) is 0 Å². The third kappa shape index (κ3) is 2.10. The van der Waals surface area contributed by atoms with E-state index >= 15 is 0 Å². The van der Waals surface area contributed by atoms with E-state index in [4.69, 9.17) is 5.11 Å². The zero-order chi connectivity index (χ0) is 9.19. The Balaban J connectivity index is 2.59. The molecule has 2 N–H and O–H groups in total. The molecule has 1 aliphatic rings. The molecule has 0 aliphatic carbocycles. The molecule has 0 bridgehead atoms. The quantitative estimate of drug-likeness (QED) is 0.629. The number of hydrogen-bond donors (Lipinski definition) is 2. The van der Waals surface area contributed by atoms with Crippen molar-refractivity contribution in [1.82, 2.24) is 5.32 Å². The molecule has 0 saturated carbocycles. The molecule has 0 aromatic rings. The summed E-state index contributed by atoms with van der Waals surface area (Å²) in [6.45, 7) is 0.262. The van der Waals surface area contributed by atoms with Gasteiger partial charge < -0.3 is 10.4 Å². The summed E-state index contributed by atoms with van der Waals surface area (Å²) in [6, 6.07) is 0. The molecule has 1 fully saturated rings. The monoisotopic (exact) mass is 183 g/mol. The van der Waals surface area contributed by atoms with Gasteiger partial charge in [0.05, 0.1) is 5.92 Å². The lowest BCUT2D eigenvalue weighted by Crippen LogP contribution is -2.44. The third-order valence-electron chi connectivity index (χ3n) is 2.26. The molecular weight excluding hydrogens is 171 g/mol. The maximum atomic E-state index is 12.2. The first-order valence-electron chi connectivity index (χ1n) is 3.94. The molecule has 2 atom stereocenters. The fourth-order valence-corrected chi connectivity index (χ4v) is 1.55. The van der Waals surface area contributed by atoms with Gasteiger partial charge >= 0.3 is 6.18 Å². The molecule has 1 saturated heterocycles. The molecule has 72 valence electrons. The van der Waals surface area contributed by atoms with E-state index < -0.39 is 24.6 Å². The number of aliphatic hydroxyl groups excluding tert-OH is 1. The largest absolute Gasteiger partial charge is 0.396 e. The first-order valence-corrected chi connectivity index (χ1v) is 3.94. The Morgan fingerprint density at radius 2 is 2.08 bits per heavy atom. The number of nitrogens with one attached hydrogen (secondary N) is 1. The highest BCUT2D eigenvalue weighted by molar-refractivity contribution is 4.82. The molecule has 1 aliphatic heterocycles. The van der Waals surface area contributed by atoms with E-state index in [-0.39, 0.29) is 13.0 Å². The number of halogens is 3. The summed E-state index contributed by atoms with van der Waals surface area (Å²) in [5.41, 5.74) is 0. The second-order valence-corrected chi connectivity index (χ2v) is 3.08. The van der Waals surface area contributed by atoms with Crippen molar-refractivity contribution in [2.24, 2.45) is 11.8 Å². The van der Waals surface area contributed by atoms with Gasteiger partial charge in [-0.05, 0) is 13.0 Å². The van der Waals surface area contributed by atoms with Crippen molar-refractivity contribution < 1.29 is 18.3 Å². The van der Waals surface area contributed by atoms with Crippen molar-refractivity contribution in [2.75, 3.05) is 19.7 Å². The second kappa shape index (κ2) is 3.62. The number of aliphatic hydroxyl groups is 1. The summed E-state index contributed by atoms with van der Waals surface area (Å²) >= 11 is 0. The molecule has 0 spiro atoms. The molecular formula is C7H12F3NO. The molecule has 1 rings (SSSR count). The third-order valence-corrected chi connectivity index (χ3v) is 2.26. The van der Waals surface area contributed by atoms with Crippen LogP contribution < -0.4 is 5.32 Å². The van der Waals surface area contributed by atoms with Gasteiger partial charge in [-0.25, -0.2) is 0 Å². The minimum atomic E-state index is -4.16. The molecule has 1 heterocycles. The highest BCUT2D eigenvalue weighted by Crippen LogP contribution is 2.35. The van der Waals surface area contributed by atoms with Crippen LogP contribution >= 0.6 is 0 Å². The molecule has 0 amide bonds. The molecule has 0 aromatic carbocycles. The maximum absolute atomic E-state index is 12.2. The smallest absolute Gasteiger partial charge is 0.392 e. The average Bonchev–Trinajstić information content (AvgIpc) is 2.03. The van der Waals surface area contributed by atoms with E-state index in [9.17, 15) is 13.2 Å². The average molecular weight is 183 g/mol. The van der Waals surface area contributed by atoms with E-state index in [0.717, 1.165) is 0 Å². The normalized spacial score (nSPS) is 32.0. The number of hydrogen-bond acceptors (Lipinski definition) is 2. The predicted molar refractivity (Wildman–Crippen MR) is 37.6 cm³/mol. The van der Waals surface area contributed by atoms with Crippen molar-refractivity contribution in [3.63, 3.8) is 0 Å². The number of alkyl halides is 3. The molecule has 2 nitrogen and oxygen atoms in total. The van der Waals surface area contributed by atoms with Crippen LogP contribution in [-0.2, 0) is 0 Å². The topological polar surface area (TPSA) is 32.3 Å². The Labute approximate surface area is 68.8 Å². The fourth-order valence-electron chi connectivity index (χ4n) is 1.55. The minimum Gasteiger partial charge on any atom is -0.396 e. The Kier molecular flexibility index (Phi) is 2.95. The molecule has 0 unspecified atom stereocenters. The Bertz CT molecular complexity index is 148. The zero-order valence-electron chi connectivity index (χ0n) is 6.56. The van der Waals surface area contributed by atoms with E-state index in [1.165, 1.54) is 0 Å². The fraction of sp³-hybridized carbons (Fsp3) is 1.00. The minimum absolute atomic E-state index is 0.0781. The van der Waals surface area contributed by atoms with Gasteiger partial charge in [0.15, 0.2) is 0 Å². The summed E-state index contributed by atoms with van der Waals surface area (Å²) in [4.78, 5) is 0. The second-order valence-electron chi connectivity index (χ2n) is 3.08. The van der Waals surface area contributed by atoms with Crippen LogP contribution in [0.3, 0.4) is 0 Å². The lowest BCUT2D eigenvalue weighted by molar-refractivity contribution is -0.197. The van der Waals surface area contributed by atoms with Gasteiger partial charge in [0, 0.05) is 19.1 Å². The molecule has 12 heavy (non-hydrogen) atoms. The van der Waals surface area contributed by atoms with Crippen molar-refractivity contribution >= 4 is 0 Å². The first kappa shape index (κ1) is 9.80. The summed E-state index contributed by atoms with van der Waals surface area (Å²) < 4.78 is 36.7. The number of piperidine rings is 1. The van der Waals surface area contributed by atoms with Crippen molar-refractivity contribution in [2.45, 2.75) is 12.6 Å². The van der Waals surface area contributed by atoms with Crippen LogP contribution in [0.5, 0.6) is 0 Å². The van der Waals surface area contributed by atoms with E-state index in [1.807, 2.05) is 0 Å². The van der Waals surface area contributed by atoms with Gasteiger partial charge in [-0.15, -0.1) is 0 Å². The van der Waals surface area contributed by atoms with Gasteiger partial charge in [0.1, 0.15) is 0 Å². The Morgan fingerprint density at radius 3 is 2.50 bits per heavy atom. The van der Waals surface area contributed by atoms with Crippen LogP contribution in [0.4, 0.5) is 13.2 Å². The van der Waals surface area contributed by atoms with Gasteiger partial charge in [0.25, 0.3) is 0 Å². The summed E-state index contributed by atoms with van der Waals surface area (Å²) in [5.74, 6) is -2.00. The molecule has 0 radical (unpaired) electrons. The summed E-state index contributed by atoms with van der Waals surface area (Å²) in [5, 5.41) is 11.5. The van der Waals surface area contributed by atoms with Crippen molar-refractivity contribution in [3.05, 3.63) is 0 Å². The maximum Gasteiger partial charge on any atom is 0.392 e. The SMILES string of the molecule is OC[C@@H]1CNCC[C@H]1C(F)(F)F.